The standard InChI is InChI=1S/C23H32N2O4/c1-25(2)10-9-13-11-15-20(14-7-6-8-17(27-3)22(14)24-15)21-19(13)16(26)12-18(28-4)23(21)29-5/h6-8,12-14,19-23H,9-11H2,1-5H3. The van der Waals surface area contributed by atoms with Gasteiger partial charge in [0.2, 0.25) is 0 Å². The lowest BCUT2D eigenvalue weighted by atomic mass is 9.56. The summed E-state index contributed by atoms with van der Waals surface area (Å²) in [5.41, 5.74) is 1.21. The topological polar surface area (TPSA) is 60.4 Å². The number of hydrogen-bond donors (Lipinski definition) is 0. The van der Waals surface area contributed by atoms with E-state index in [1.54, 1.807) is 27.4 Å². The van der Waals surface area contributed by atoms with Crippen molar-refractivity contribution < 1.29 is 19.0 Å². The lowest BCUT2D eigenvalue weighted by Crippen LogP contribution is -2.53. The SMILES string of the molecule is COC1=CC=CC2C1N=C1CC(CCN(C)C)C3C(=O)C=C(OC)C(OC)C3C12. The maximum atomic E-state index is 13.3. The van der Waals surface area contributed by atoms with Crippen LogP contribution in [0.5, 0.6) is 0 Å². The van der Waals surface area contributed by atoms with Gasteiger partial charge < -0.3 is 19.1 Å². The van der Waals surface area contributed by atoms with E-state index in [2.05, 4.69) is 31.1 Å². The summed E-state index contributed by atoms with van der Waals surface area (Å²) in [6, 6.07) is 0.00255. The molecule has 0 aromatic carbocycles. The van der Waals surface area contributed by atoms with E-state index >= 15 is 0 Å². The van der Waals surface area contributed by atoms with Crippen molar-refractivity contribution in [1.29, 1.82) is 0 Å². The van der Waals surface area contributed by atoms with Crippen molar-refractivity contribution in [2.45, 2.75) is 25.0 Å². The lowest BCUT2D eigenvalue weighted by Gasteiger charge is -2.48. The van der Waals surface area contributed by atoms with Gasteiger partial charge in [0.15, 0.2) is 5.78 Å². The van der Waals surface area contributed by atoms with Gasteiger partial charge in [0.05, 0.1) is 14.2 Å². The zero-order valence-corrected chi connectivity index (χ0v) is 18.0. The highest BCUT2D eigenvalue weighted by atomic mass is 16.5. The van der Waals surface area contributed by atoms with Crippen LogP contribution in [0.15, 0.2) is 40.8 Å². The van der Waals surface area contributed by atoms with Crippen molar-refractivity contribution in [3.63, 3.8) is 0 Å². The molecule has 6 nitrogen and oxygen atoms in total. The first-order valence-corrected chi connectivity index (χ1v) is 10.5. The van der Waals surface area contributed by atoms with Crippen molar-refractivity contribution in [3.05, 3.63) is 35.8 Å². The van der Waals surface area contributed by atoms with E-state index in [4.69, 9.17) is 19.2 Å². The number of aliphatic imine (C=N–C) groups is 1. The molecule has 0 radical (unpaired) electrons. The van der Waals surface area contributed by atoms with Gasteiger partial charge in [-0.2, -0.15) is 0 Å². The second-order valence-corrected chi connectivity index (χ2v) is 8.80. The fourth-order valence-electron chi connectivity index (χ4n) is 5.88. The average Bonchev–Trinajstić information content (AvgIpc) is 3.09. The summed E-state index contributed by atoms with van der Waals surface area (Å²) in [5.74, 6) is 2.31. The molecule has 3 aliphatic carbocycles. The first-order valence-electron chi connectivity index (χ1n) is 10.5. The van der Waals surface area contributed by atoms with Gasteiger partial charge in [-0.3, -0.25) is 9.79 Å². The first-order chi connectivity index (χ1) is 14.0. The minimum Gasteiger partial charge on any atom is -0.499 e. The van der Waals surface area contributed by atoms with E-state index in [1.165, 1.54) is 5.71 Å². The molecule has 1 aliphatic heterocycles. The van der Waals surface area contributed by atoms with Crippen LogP contribution in [0.4, 0.5) is 0 Å². The molecule has 7 unspecified atom stereocenters. The summed E-state index contributed by atoms with van der Waals surface area (Å²) in [6.45, 7) is 0.952. The van der Waals surface area contributed by atoms with Gasteiger partial charge in [0.1, 0.15) is 23.7 Å². The predicted molar refractivity (Wildman–Crippen MR) is 112 cm³/mol. The Bertz CT molecular complexity index is 782. The fourth-order valence-corrected chi connectivity index (χ4v) is 5.88. The van der Waals surface area contributed by atoms with Crippen molar-refractivity contribution in [1.82, 2.24) is 4.90 Å². The second kappa shape index (κ2) is 8.07. The Morgan fingerprint density at radius 1 is 1.14 bits per heavy atom. The van der Waals surface area contributed by atoms with E-state index in [-0.39, 0.29) is 47.5 Å². The second-order valence-electron chi connectivity index (χ2n) is 8.80. The Kier molecular flexibility index (Phi) is 5.67. The summed E-state index contributed by atoms with van der Waals surface area (Å²) < 4.78 is 17.2. The number of methoxy groups -OCH3 is 3. The Morgan fingerprint density at radius 3 is 2.55 bits per heavy atom. The number of carbonyl (C=O) groups is 1. The molecule has 29 heavy (non-hydrogen) atoms. The van der Waals surface area contributed by atoms with Crippen molar-refractivity contribution in [2.24, 2.45) is 34.6 Å². The molecule has 0 aromatic heterocycles. The van der Waals surface area contributed by atoms with Gasteiger partial charge in [0.25, 0.3) is 0 Å². The average molecular weight is 401 g/mol. The van der Waals surface area contributed by atoms with Crippen molar-refractivity contribution >= 4 is 11.5 Å². The zero-order chi connectivity index (χ0) is 20.7. The van der Waals surface area contributed by atoms with E-state index in [0.29, 0.717) is 5.76 Å². The third-order valence-corrected chi connectivity index (χ3v) is 7.08. The molecule has 1 heterocycles. The van der Waals surface area contributed by atoms with Gasteiger partial charge >= 0.3 is 0 Å². The number of ketones is 1. The molecule has 0 bridgehead atoms. The molecule has 0 aromatic rings. The molecule has 0 saturated heterocycles. The van der Waals surface area contributed by atoms with Gasteiger partial charge in [-0.1, -0.05) is 12.2 Å². The zero-order valence-electron chi connectivity index (χ0n) is 18.0. The first kappa shape index (κ1) is 20.4. The number of rotatable bonds is 6. The van der Waals surface area contributed by atoms with E-state index in [0.717, 1.165) is 25.1 Å². The monoisotopic (exact) mass is 400 g/mol. The summed E-state index contributed by atoms with van der Waals surface area (Å²) in [4.78, 5) is 20.6. The lowest BCUT2D eigenvalue weighted by molar-refractivity contribution is -0.130. The summed E-state index contributed by atoms with van der Waals surface area (Å²) in [7, 11) is 9.20. The Balaban J connectivity index is 1.76. The highest BCUT2D eigenvalue weighted by molar-refractivity contribution is 5.98. The van der Waals surface area contributed by atoms with Crippen LogP contribution < -0.4 is 0 Å². The largest absolute Gasteiger partial charge is 0.499 e. The quantitative estimate of drug-likeness (QED) is 0.686. The number of allylic oxidation sites excluding steroid dienone is 3. The van der Waals surface area contributed by atoms with Gasteiger partial charge in [-0.15, -0.1) is 0 Å². The molecule has 1 fully saturated rings. The number of carbonyl (C=O) groups excluding carboxylic acids is 1. The Labute approximate surface area is 173 Å². The number of nitrogens with zero attached hydrogens (tertiary/aromatic N) is 2. The van der Waals surface area contributed by atoms with Crippen LogP contribution in [0, 0.1) is 29.6 Å². The Morgan fingerprint density at radius 2 is 1.90 bits per heavy atom. The summed E-state index contributed by atoms with van der Waals surface area (Å²) in [5, 5.41) is 0. The Hall–Kier alpha value is -1.92. The minimum atomic E-state index is -0.232. The van der Waals surface area contributed by atoms with E-state index in [1.807, 2.05) is 6.08 Å². The summed E-state index contributed by atoms with van der Waals surface area (Å²) in [6.07, 6.45) is 9.57. The van der Waals surface area contributed by atoms with Gasteiger partial charge in [-0.05, 0) is 45.5 Å². The molecule has 1 saturated carbocycles. The molecule has 6 heteroatoms. The number of fused-ring (bicyclic) bond motifs is 5. The normalized spacial score (nSPS) is 37.9. The van der Waals surface area contributed by atoms with Crippen LogP contribution in [0.25, 0.3) is 0 Å². The molecule has 7 atom stereocenters. The molecule has 4 rings (SSSR count). The van der Waals surface area contributed by atoms with Crippen molar-refractivity contribution in [2.75, 3.05) is 42.0 Å². The minimum absolute atomic E-state index is 0.00255. The maximum Gasteiger partial charge on any atom is 0.162 e. The van der Waals surface area contributed by atoms with Crippen LogP contribution in [0.3, 0.4) is 0 Å². The molecule has 0 spiro atoms. The molecule has 158 valence electrons. The van der Waals surface area contributed by atoms with Crippen LogP contribution in [-0.2, 0) is 19.0 Å². The van der Waals surface area contributed by atoms with Crippen LogP contribution in [-0.4, -0.2) is 70.5 Å². The number of ether oxygens (including phenoxy) is 3. The molecular formula is C23H32N2O4. The maximum absolute atomic E-state index is 13.3. The van der Waals surface area contributed by atoms with E-state index in [9.17, 15) is 4.79 Å². The molecular weight excluding hydrogens is 368 g/mol. The van der Waals surface area contributed by atoms with Gasteiger partial charge in [0, 0.05) is 42.6 Å². The molecule has 0 N–H and O–H groups in total. The predicted octanol–water partition coefficient (Wildman–Crippen LogP) is 2.47. The van der Waals surface area contributed by atoms with E-state index < -0.39 is 0 Å². The molecule has 4 aliphatic rings. The highest BCUT2D eigenvalue weighted by Gasteiger charge is 2.57. The number of hydrogen-bond acceptors (Lipinski definition) is 6. The van der Waals surface area contributed by atoms with Crippen LogP contribution >= 0.6 is 0 Å². The van der Waals surface area contributed by atoms with Crippen LogP contribution in [0.1, 0.15) is 12.8 Å². The highest BCUT2D eigenvalue weighted by Crippen LogP contribution is 2.53. The fraction of sp³-hybridized carbons (Fsp3) is 0.652. The smallest absolute Gasteiger partial charge is 0.162 e. The summed E-state index contributed by atoms with van der Waals surface area (Å²) >= 11 is 0. The third-order valence-electron chi connectivity index (χ3n) is 7.08. The molecule has 0 amide bonds. The van der Waals surface area contributed by atoms with Crippen molar-refractivity contribution in [3.8, 4) is 0 Å². The van der Waals surface area contributed by atoms with Gasteiger partial charge in [-0.25, -0.2) is 0 Å². The third kappa shape index (κ3) is 3.36. The van der Waals surface area contributed by atoms with Crippen LogP contribution in [0.2, 0.25) is 0 Å².